The molecular weight excluding hydrogens is 442 g/mol. The molecule has 1 aromatic carbocycles. The summed E-state index contributed by atoms with van der Waals surface area (Å²) in [4.78, 5) is 26.4. The monoisotopic (exact) mass is 457 g/mol. The highest BCUT2D eigenvalue weighted by Crippen LogP contribution is 2.33. The molecule has 160 valence electrons. The van der Waals surface area contributed by atoms with Crippen LogP contribution in [0.25, 0.3) is 0 Å². The van der Waals surface area contributed by atoms with Gasteiger partial charge in [-0.15, -0.1) is 14.6 Å². The number of carbonyl (C=O) groups is 2. The second-order valence-corrected chi connectivity index (χ2v) is 7.62. The van der Waals surface area contributed by atoms with Crippen LogP contribution in [-0.4, -0.2) is 35.0 Å². The maximum Gasteiger partial charge on any atom is 0.296 e. The van der Waals surface area contributed by atoms with Gasteiger partial charge in [0.05, 0.1) is 12.0 Å². The average Bonchev–Trinajstić information content (AvgIpc) is 2.64. The third kappa shape index (κ3) is 6.83. The molecule has 15 heteroatoms. The van der Waals surface area contributed by atoms with Crippen LogP contribution < -0.4 is 10.6 Å². The van der Waals surface area contributed by atoms with E-state index in [9.17, 15) is 22.6 Å². The van der Waals surface area contributed by atoms with Crippen LogP contribution in [0.3, 0.4) is 0 Å². The molecule has 0 saturated heterocycles. The molecule has 0 atom stereocenters. The number of rotatable bonds is 8. The quantitative estimate of drug-likeness (QED) is 0.151. The van der Waals surface area contributed by atoms with Crippen LogP contribution in [-0.2, 0) is 29.1 Å². The third-order valence-corrected chi connectivity index (χ3v) is 4.58. The smallest absolute Gasteiger partial charge is 0.296 e. The van der Waals surface area contributed by atoms with E-state index < -0.39 is 20.9 Å². The third-order valence-electron chi connectivity index (χ3n) is 3.11. The average molecular weight is 457 g/mol. The normalized spacial score (nSPS) is 11.5. The van der Waals surface area contributed by atoms with E-state index in [2.05, 4.69) is 35.2 Å². The first kappa shape index (κ1) is 23.3. The van der Waals surface area contributed by atoms with E-state index in [1.807, 2.05) is 0 Å². The van der Waals surface area contributed by atoms with Gasteiger partial charge in [-0.05, 0) is 30.3 Å². The predicted molar refractivity (Wildman–Crippen MR) is 104 cm³/mol. The molecular formula is C15H15N5O8S2. The molecule has 0 fully saturated rings. The number of anilines is 2. The highest BCUT2D eigenvalue weighted by Gasteiger charge is 2.17. The van der Waals surface area contributed by atoms with Gasteiger partial charge in [0.1, 0.15) is 22.1 Å². The zero-order valence-electron chi connectivity index (χ0n) is 15.4. The number of benzene rings is 1. The van der Waals surface area contributed by atoms with Crippen LogP contribution in [0, 0.1) is 0 Å². The summed E-state index contributed by atoms with van der Waals surface area (Å²) >= 11 is 0.535. The van der Waals surface area contributed by atoms with Gasteiger partial charge in [0, 0.05) is 18.7 Å². The first-order valence-corrected chi connectivity index (χ1v) is 10.0. The molecule has 0 bridgehead atoms. The number of amides is 2. The molecule has 0 spiro atoms. The van der Waals surface area contributed by atoms with Crippen molar-refractivity contribution in [3.63, 3.8) is 0 Å². The summed E-state index contributed by atoms with van der Waals surface area (Å²) in [6, 6.07) is 6.26. The second kappa shape index (κ2) is 10.2. The lowest BCUT2D eigenvalue weighted by Gasteiger charge is -2.08. The molecule has 0 aliphatic heterocycles. The summed E-state index contributed by atoms with van der Waals surface area (Å²) in [6.07, 6.45) is 0. The molecule has 30 heavy (non-hydrogen) atoms. The number of azo groups is 1. The summed E-state index contributed by atoms with van der Waals surface area (Å²) in [5.41, 5.74) is -0.239. The van der Waals surface area contributed by atoms with Crippen LogP contribution in [0.1, 0.15) is 13.8 Å². The number of aromatic nitrogens is 1. The van der Waals surface area contributed by atoms with Crippen LogP contribution in [0.4, 0.5) is 23.0 Å². The van der Waals surface area contributed by atoms with Gasteiger partial charge in [-0.1, -0.05) is 5.04 Å². The maximum absolute atomic E-state index is 11.6. The zero-order valence-corrected chi connectivity index (χ0v) is 17.0. The van der Waals surface area contributed by atoms with Crippen LogP contribution in [0.5, 0.6) is 0 Å². The molecule has 13 nitrogen and oxygen atoms in total. The molecule has 4 N–H and O–H groups in total. The van der Waals surface area contributed by atoms with Crippen LogP contribution in [0.2, 0.25) is 0 Å². The lowest BCUT2D eigenvalue weighted by atomic mass is 10.3. The maximum atomic E-state index is 11.6. The lowest BCUT2D eigenvalue weighted by molar-refractivity contribution is -0.432. The summed E-state index contributed by atoms with van der Waals surface area (Å²) in [6.45, 7) is 2.51. The Kier molecular flexibility index (Phi) is 7.93. The van der Waals surface area contributed by atoms with Crippen molar-refractivity contribution in [2.24, 2.45) is 10.2 Å². The second-order valence-electron chi connectivity index (χ2n) is 5.46. The molecule has 0 aliphatic carbocycles. The Morgan fingerprint density at radius 3 is 2.33 bits per heavy atom. The summed E-state index contributed by atoms with van der Waals surface area (Å²) in [7, 11) is -4.64. The van der Waals surface area contributed by atoms with Crippen molar-refractivity contribution in [2.75, 3.05) is 10.6 Å². The molecule has 2 amide bonds. The van der Waals surface area contributed by atoms with Gasteiger partial charge in [0.25, 0.3) is 10.1 Å². The number of carbonyl (C=O) groups excluding carboxylic acids is 2. The minimum absolute atomic E-state index is 0.0357. The van der Waals surface area contributed by atoms with Crippen molar-refractivity contribution < 1.29 is 37.2 Å². The van der Waals surface area contributed by atoms with E-state index in [4.69, 9.17) is 5.26 Å². The summed E-state index contributed by atoms with van der Waals surface area (Å²) < 4.78 is 36.8. The standard InChI is InChI=1S/C15H15N5O8S2/c1-8(21)16-14-6-4-11(15(18-14)17-9(2)22)19-20-12-7-10(29-28-27-23)3-5-13(12)30(24,25)26/h3-7,23H,1-2H3,(H,24,25,26)(H2,16,17,18,21,22). The van der Waals surface area contributed by atoms with Crippen molar-refractivity contribution in [1.82, 2.24) is 4.98 Å². The topological polar surface area (TPSA) is 189 Å². The fraction of sp³-hybridized carbons (Fsp3) is 0.133. The SMILES string of the molecule is CC(=O)Nc1ccc(N=Nc2cc(SOOO)ccc2S(=O)(=O)O)c(NC(C)=O)n1. The van der Waals surface area contributed by atoms with E-state index in [1.165, 1.54) is 38.1 Å². The Hall–Kier alpha value is -2.95. The van der Waals surface area contributed by atoms with Crippen LogP contribution in [0.15, 0.2) is 50.4 Å². The molecule has 2 aromatic rings. The highest BCUT2D eigenvalue weighted by atomic mass is 32.2. The van der Waals surface area contributed by atoms with Gasteiger partial charge in [-0.2, -0.15) is 8.42 Å². The van der Waals surface area contributed by atoms with Crippen molar-refractivity contribution in [1.29, 1.82) is 0 Å². The minimum atomic E-state index is -4.64. The summed E-state index contributed by atoms with van der Waals surface area (Å²) in [5.74, 6) is -0.763. The van der Waals surface area contributed by atoms with Crippen molar-refractivity contribution in [3.8, 4) is 0 Å². The molecule has 0 saturated carbocycles. The number of nitrogens with zero attached hydrogens (tertiary/aromatic N) is 3. The van der Waals surface area contributed by atoms with Gasteiger partial charge < -0.3 is 10.6 Å². The fourth-order valence-corrected chi connectivity index (χ4v) is 3.05. The number of hydrogen-bond acceptors (Lipinski definition) is 11. The van der Waals surface area contributed by atoms with Crippen molar-refractivity contribution in [3.05, 3.63) is 30.3 Å². The number of nitrogens with one attached hydrogen (secondary N) is 2. The Balaban J connectivity index is 2.48. The Bertz CT molecular complexity index is 1090. The fourth-order valence-electron chi connectivity index (χ4n) is 2.05. The van der Waals surface area contributed by atoms with Gasteiger partial charge in [-0.25, -0.2) is 10.2 Å². The first-order valence-electron chi connectivity index (χ1n) is 7.84. The molecule has 2 rings (SSSR count). The van der Waals surface area contributed by atoms with Gasteiger partial charge in [0.2, 0.25) is 11.8 Å². The lowest BCUT2D eigenvalue weighted by Crippen LogP contribution is -2.11. The van der Waals surface area contributed by atoms with Crippen LogP contribution >= 0.6 is 12.0 Å². The van der Waals surface area contributed by atoms with Crippen molar-refractivity contribution >= 4 is 57.0 Å². The number of pyridine rings is 1. The molecule has 0 aliphatic rings. The van der Waals surface area contributed by atoms with E-state index >= 15 is 0 Å². The Labute approximate surface area is 174 Å². The van der Waals surface area contributed by atoms with E-state index in [1.54, 1.807) is 0 Å². The number of hydrogen-bond donors (Lipinski definition) is 4. The molecule has 0 radical (unpaired) electrons. The van der Waals surface area contributed by atoms with Crippen molar-refractivity contribution in [2.45, 2.75) is 23.6 Å². The summed E-state index contributed by atoms with van der Waals surface area (Å²) in [5, 5.41) is 24.2. The minimum Gasteiger partial charge on any atom is -0.311 e. The molecule has 1 heterocycles. The molecule has 1 aromatic heterocycles. The zero-order chi connectivity index (χ0) is 22.3. The van der Waals surface area contributed by atoms with E-state index in [0.717, 1.165) is 6.07 Å². The largest absolute Gasteiger partial charge is 0.311 e. The van der Waals surface area contributed by atoms with Gasteiger partial charge in [-0.3, -0.25) is 14.1 Å². The van der Waals surface area contributed by atoms with E-state index in [-0.39, 0.29) is 33.8 Å². The van der Waals surface area contributed by atoms with Gasteiger partial charge in [0.15, 0.2) is 5.82 Å². The Morgan fingerprint density at radius 2 is 1.73 bits per heavy atom. The first-order chi connectivity index (χ1) is 14.1. The van der Waals surface area contributed by atoms with Gasteiger partial charge >= 0.3 is 0 Å². The van der Waals surface area contributed by atoms with E-state index in [0.29, 0.717) is 12.0 Å². The highest BCUT2D eigenvalue weighted by molar-refractivity contribution is 7.94. The predicted octanol–water partition coefficient (Wildman–Crippen LogP) is 3.09. The Morgan fingerprint density at radius 1 is 1.07 bits per heavy atom. The molecule has 0 unspecified atom stereocenters.